The summed E-state index contributed by atoms with van der Waals surface area (Å²) in [5, 5.41) is 4.21. The number of fused-ring (bicyclic) bond motifs is 12. The fourth-order valence-corrected chi connectivity index (χ4v) is 10.9. The molecule has 1 radical (unpaired) electrons. The molecule has 7 nitrogen and oxygen atoms in total. The van der Waals surface area contributed by atoms with Gasteiger partial charge in [-0.2, -0.15) is 0 Å². The van der Waals surface area contributed by atoms with E-state index in [1.807, 2.05) is 55.4 Å². The van der Waals surface area contributed by atoms with E-state index in [2.05, 4.69) is 176 Å². The van der Waals surface area contributed by atoms with Crippen LogP contribution in [0.5, 0.6) is 5.75 Å². The Bertz CT molecular complexity index is 3950. The van der Waals surface area contributed by atoms with Gasteiger partial charge in [-0.3, -0.25) is 9.97 Å². The predicted molar refractivity (Wildman–Crippen MR) is 280 cm³/mol. The first-order chi connectivity index (χ1) is 33.0. The van der Waals surface area contributed by atoms with Gasteiger partial charge in [-0.25, -0.2) is 0 Å². The first-order valence-corrected chi connectivity index (χ1v) is 23.0. The molecule has 6 aromatic carbocycles. The molecule has 6 heterocycles. The van der Waals surface area contributed by atoms with Crippen LogP contribution in [-0.4, -0.2) is 35.8 Å². The number of hydrogen-bond acceptors (Lipinski definition) is 5. The summed E-state index contributed by atoms with van der Waals surface area (Å²) in [4.78, 5) is 18.6. The number of benzene rings is 6. The molecule has 0 saturated heterocycles. The molecule has 12 aromatic rings. The SMILES string of the molecule is COc1c(-c2ccccc2)cc(C)cc1-c1cc(C)c(-c2cc(C)c3c4ncc[c-]c4c4nccn4c3c2)c(C)c1.Cc1cc(C)c(-c2cc(C)c3c4ncc[c-]c4c4nccn4c3c2)c(C)c1.[Ir]. The molecule has 6 aromatic heterocycles. The number of aromatic nitrogens is 6. The van der Waals surface area contributed by atoms with E-state index in [9.17, 15) is 0 Å². The predicted octanol–water partition coefficient (Wildman–Crippen LogP) is 14.8. The maximum atomic E-state index is 6.05. The number of nitrogens with zero attached hydrogens (tertiary/aromatic N) is 6. The second-order valence-electron chi connectivity index (χ2n) is 18.3. The molecular weight excluding hydrogens is 1020 g/mol. The van der Waals surface area contributed by atoms with E-state index in [1.54, 1.807) is 7.11 Å². The molecule has 0 bridgehead atoms. The number of imidazole rings is 2. The Hall–Kier alpha value is -7.51. The Balaban J connectivity index is 0.000000171. The molecule has 0 unspecified atom stereocenters. The molecule has 0 aliphatic heterocycles. The molecule has 0 N–H and O–H groups in total. The zero-order valence-electron chi connectivity index (χ0n) is 40.2. The van der Waals surface area contributed by atoms with Crippen LogP contribution in [0.4, 0.5) is 0 Å². The summed E-state index contributed by atoms with van der Waals surface area (Å²) in [6.07, 6.45) is 11.4. The van der Waals surface area contributed by atoms with Gasteiger partial charge in [0.2, 0.25) is 0 Å². The molecule has 0 spiro atoms. The van der Waals surface area contributed by atoms with E-state index >= 15 is 0 Å². The van der Waals surface area contributed by atoms with Gasteiger partial charge in [0.25, 0.3) is 0 Å². The molecule has 0 amide bonds. The molecule has 0 aliphatic rings. The Morgan fingerprint density at radius 1 is 0.449 bits per heavy atom. The van der Waals surface area contributed by atoms with Gasteiger partial charge in [-0.1, -0.05) is 95.5 Å². The zero-order chi connectivity index (χ0) is 47.0. The van der Waals surface area contributed by atoms with Gasteiger partial charge in [0, 0.05) is 67.1 Å². The number of methoxy groups -OCH3 is 1. The van der Waals surface area contributed by atoms with Crippen molar-refractivity contribution in [3.05, 3.63) is 197 Å². The third-order valence-corrected chi connectivity index (χ3v) is 13.5. The average molecular weight is 1080 g/mol. The Morgan fingerprint density at radius 2 is 0.884 bits per heavy atom. The fourth-order valence-electron chi connectivity index (χ4n) is 10.9. The van der Waals surface area contributed by atoms with Gasteiger partial charge < -0.3 is 23.5 Å². The number of rotatable bonds is 5. The third-order valence-electron chi connectivity index (χ3n) is 13.5. The summed E-state index contributed by atoms with van der Waals surface area (Å²) >= 11 is 0. The van der Waals surface area contributed by atoms with Gasteiger partial charge in [-0.05, 0) is 174 Å². The Morgan fingerprint density at radius 3 is 1.36 bits per heavy atom. The third kappa shape index (κ3) is 7.65. The van der Waals surface area contributed by atoms with Gasteiger partial charge in [0.1, 0.15) is 5.75 Å². The van der Waals surface area contributed by atoms with Crippen LogP contribution >= 0.6 is 0 Å². The topological polar surface area (TPSA) is 69.6 Å². The quantitative estimate of drug-likeness (QED) is 0.127. The van der Waals surface area contributed by atoms with Crippen LogP contribution in [0, 0.1) is 67.5 Å². The van der Waals surface area contributed by atoms with Crippen molar-refractivity contribution in [1.29, 1.82) is 0 Å². The molecule has 69 heavy (non-hydrogen) atoms. The van der Waals surface area contributed by atoms with Crippen LogP contribution in [0.3, 0.4) is 0 Å². The van der Waals surface area contributed by atoms with Crippen LogP contribution in [-0.2, 0) is 20.1 Å². The van der Waals surface area contributed by atoms with Crippen molar-refractivity contribution < 1.29 is 24.8 Å². The van der Waals surface area contributed by atoms with Crippen LogP contribution in [0.25, 0.3) is 99.4 Å². The van der Waals surface area contributed by atoms with Gasteiger partial charge >= 0.3 is 0 Å². The summed E-state index contributed by atoms with van der Waals surface area (Å²) in [6.45, 7) is 17.4. The van der Waals surface area contributed by atoms with Crippen LogP contribution in [0.1, 0.15) is 44.5 Å². The zero-order valence-corrected chi connectivity index (χ0v) is 42.6. The van der Waals surface area contributed by atoms with Gasteiger partial charge in [0.15, 0.2) is 0 Å². The minimum absolute atomic E-state index is 0. The van der Waals surface area contributed by atoms with Crippen LogP contribution in [0.15, 0.2) is 140 Å². The van der Waals surface area contributed by atoms with Crippen molar-refractivity contribution in [2.75, 3.05) is 7.11 Å². The first kappa shape index (κ1) is 45.3. The molecule has 0 fully saturated rings. The van der Waals surface area contributed by atoms with E-state index in [-0.39, 0.29) is 20.1 Å². The number of ether oxygens (including phenoxy) is 1. The molecule has 0 aliphatic carbocycles. The van der Waals surface area contributed by atoms with Crippen molar-refractivity contribution >= 4 is 54.9 Å². The summed E-state index contributed by atoms with van der Waals surface area (Å²) in [7, 11) is 1.76. The normalized spacial score (nSPS) is 11.4. The first-order valence-electron chi connectivity index (χ1n) is 23.0. The van der Waals surface area contributed by atoms with Crippen molar-refractivity contribution in [1.82, 2.24) is 28.7 Å². The molecule has 0 atom stereocenters. The van der Waals surface area contributed by atoms with E-state index in [0.29, 0.717) is 0 Å². The summed E-state index contributed by atoms with van der Waals surface area (Å²) in [6, 6.07) is 43.5. The summed E-state index contributed by atoms with van der Waals surface area (Å²) < 4.78 is 10.4. The maximum absolute atomic E-state index is 6.05. The monoisotopic (exact) mass is 1080 g/mol. The minimum atomic E-state index is 0. The molecular formula is C61H50IrN6O-2. The van der Waals surface area contributed by atoms with E-state index < -0.39 is 0 Å². The second-order valence-corrected chi connectivity index (χ2v) is 18.3. The maximum Gasteiger partial charge on any atom is 0.134 e. The van der Waals surface area contributed by atoms with Crippen molar-refractivity contribution in [3.63, 3.8) is 0 Å². The molecule has 341 valence electrons. The number of aryl methyl sites for hydroxylation is 8. The van der Waals surface area contributed by atoms with Crippen LogP contribution < -0.4 is 4.74 Å². The van der Waals surface area contributed by atoms with Gasteiger partial charge in [-0.15, -0.1) is 24.3 Å². The Labute approximate surface area is 415 Å². The minimum Gasteiger partial charge on any atom is -0.495 e. The summed E-state index contributed by atoms with van der Waals surface area (Å²) in [5.41, 5.74) is 25.4. The van der Waals surface area contributed by atoms with Crippen molar-refractivity contribution in [2.24, 2.45) is 0 Å². The van der Waals surface area contributed by atoms with E-state index in [0.717, 1.165) is 77.5 Å². The number of hydrogen-bond donors (Lipinski definition) is 0. The van der Waals surface area contributed by atoms with Crippen molar-refractivity contribution in [3.8, 4) is 50.3 Å². The molecule has 8 heteroatoms. The van der Waals surface area contributed by atoms with Crippen LogP contribution in [0.2, 0.25) is 0 Å². The summed E-state index contributed by atoms with van der Waals surface area (Å²) in [5.74, 6) is 0.897. The second kappa shape index (κ2) is 17.9. The average Bonchev–Trinajstić information content (AvgIpc) is 4.04. The fraction of sp³-hybridized carbons (Fsp3) is 0.148. The number of pyridine rings is 4. The standard InChI is InChI=1S/C37H30N3O.C24H20N3.Ir/c1-22-16-30(26-10-7-6-8-11-26)36(41-5)31(17-22)27-18-23(2)33(24(3)19-27)28-20-25(4)34-32(21-28)40-15-14-39-37(40)29-12-9-13-38-35(29)34;1-14-10-15(2)21(16(3)11-14)18-12-17(4)22-20(13-18)27-9-8-26-24(27)19-6-5-7-25-23(19)22;/h6-11,13-21H,1-5H3;5,7-13H,1-4H3;/q2*-1;. The van der Waals surface area contributed by atoms with E-state index in [1.165, 1.54) is 72.1 Å². The largest absolute Gasteiger partial charge is 0.495 e. The molecule has 12 rings (SSSR count). The van der Waals surface area contributed by atoms with E-state index in [4.69, 9.17) is 9.72 Å². The van der Waals surface area contributed by atoms with Gasteiger partial charge in [0.05, 0.1) is 18.4 Å². The Kier molecular flexibility index (Phi) is 11.7. The van der Waals surface area contributed by atoms with Crippen molar-refractivity contribution in [2.45, 2.75) is 55.4 Å². The molecule has 0 saturated carbocycles. The smallest absolute Gasteiger partial charge is 0.134 e.